The SMILES string of the molecule is CN(C)C(N)=Nc1ccccc1N1CCOCC1F. The quantitative estimate of drug-likeness (QED) is 0.498. The van der Waals surface area contributed by atoms with E-state index in [4.69, 9.17) is 10.5 Å². The molecule has 1 saturated heterocycles. The topological polar surface area (TPSA) is 54.1 Å². The van der Waals surface area contributed by atoms with Gasteiger partial charge in [0.25, 0.3) is 0 Å². The Labute approximate surface area is 112 Å². The van der Waals surface area contributed by atoms with Gasteiger partial charge in [0.2, 0.25) is 0 Å². The van der Waals surface area contributed by atoms with Crippen LogP contribution in [0.4, 0.5) is 15.8 Å². The van der Waals surface area contributed by atoms with E-state index < -0.39 is 6.30 Å². The first-order valence-corrected chi connectivity index (χ1v) is 6.18. The minimum absolute atomic E-state index is 0.0845. The van der Waals surface area contributed by atoms with E-state index in [0.29, 0.717) is 24.8 Å². The van der Waals surface area contributed by atoms with E-state index >= 15 is 0 Å². The molecule has 2 rings (SSSR count). The van der Waals surface area contributed by atoms with E-state index in [1.807, 2.05) is 38.4 Å². The maximum Gasteiger partial charge on any atom is 0.196 e. The molecule has 0 bridgehead atoms. The second-order valence-electron chi connectivity index (χ2n) is 4.56. The van der Waals surface area contributed by atoms with Crippen molar-refractivity contribution in [3.63, 3.8) is 0 Å². The zero-order chi connectivity index (χ0) is 13.8. The third-order valence-corrected chi connectivity index (χ3v) is 2.95. The largest absolute Gasteiger partial charge is 0.375 e. The van der Waals surface area contributed by atoms with Crippen molar-refractivity contribution in [3.8, 4) is 0 Å². The maximum atomic E-state index is 13.9. The summed E-state index contributed by atoms with van der Waals surface area (Å²) in [5.74, 6) is 0.385. The number of hydrogen-bond donors (Lipinski definition) is 1. The summed E-state index contributed by atoms with van der Waals surface area (Å²) in [6, 6.07) is 7.40. The van der Waals surface area contributed by atoms with Gasteiger partial charge < -0.3 is 20.3 Å². The molecular weight excluding hydrogens is 247 g/mol. The first-order valence-electron chi connectivity index (χ1n) is 6.18. The Kier molecular flexibility index (Phi) is 4.21. The van der Waals surface area contributed by atoms with Crippen molar-refractivity contribution < 1.29 is 9.13 Å². The molecule has 0 aliphatic carbocycles. The Balaban J connectivity index is 2.33. The molecule has 1 aliphatic rings. The van der Waals surface area contributed by atoms with Gasteiger partial charge in [0.1, 0.15) is 0 Å². The summed E-state index contributed by atoms with van der Waals surface area (Å²) >= 11 is 0. The van der Waals surface area contributed by atoms with Crippen molar-refractivity contribution in [3.05, 3.63) is 24.3 Å². The number of morpholine rings is 1. The fourth-order valence-electron chi connectivity index (χ4n) is 1.87. The van der Waals surface area contributed by atoms with Crippen molar-refractivity contribution >= 4 is 17.3 Å². The zero-order valence-electron chi connectivity index (χ0n) is 11.2. The summed E-state index contributed by atoms with van der Waals surface area (Å²) in [6.45, 7) is 1.11. The van der Waals surface area contributed by atoms with Gasteiger partial charge >= 0.3 is 0 Å². The molecule has 0 radical (unpaired) electrons. The van der Waals surface area contributed by atoms with Gasteiger partial charge in [-0.15, -0.1) is 0 Å². The summed E-state index contributed by atoms with van der Waals surface area (Å²) in [6.07, 6.45) is -1.15. The lowest BCUT2D eigenvalue weighted by Gasteiger charge is -2.33. The van der Waals surface area contributed by atoms with Crippen LogP contribution >= 0.6 is 0 Å². The van der Waals surface area contributed by atoms with E-state index in [0.717, 1.165) is 5.69 Å². The van der Waals surface area contributed by atoms with Crippen LogP contribution in [0.1, 0.15) is 0 Å². The minimum Gasteiger partial charge on any atom is -0.375 e. The number of nitrogens with zero attached hydrogens (tertiary/aromatic N) is 3. The first-order chi connectivity index (χ1) is 9.09. The van der Waals surface area contributed by atoms with Gasteiger partial charge in [-0.25, -0.2) is 9.38 Å². The molecule has 0 aromatic heterocycles. The number of guanidine groups is 1. The normalized spacial score (nSPS) is 20.5. The molecule has 5 nitrogen and oxygen atoms in total. The number of nitrogens with two attached hydrogens (primary N) is 1. The van der Waals surface area contributed by atoms with Gasteiger partial charge in [-0.3, -0.25) is 0 Å². The first kappa shape index (κ1) is 13.6. The standard InChI is InChI=1S/C13H19FN4O/c1-17(2)13(15)16-10-5-3-4-6-11(10)18-7-8-19-9-12(18)14/h3-6,12H,7-9H2,1-2H3,(H2,15,16). The van der Waals surface area contributed by atoms with Crippen LogP contribution in [0.25, 0.3) is 0 Å². The van der Waals surface area contributed by atoms with E-state index in [9.17, 15) is 4.39 Å². The fraction of sp³-hybridized carbons (Fsp3) is 0.462. The Hall–Kier alpha value is -1.82. The predicted octanol–water partition coefficient (Wildman–Crippen LogP) is 1.33. The van der Waals surface area contributed by atoms with Crippen LogP contribution in [0, 0.1) is 0 Å². The van der Waals surface area contributed by atoms with E-state index in [2.05, 4.69) is 4.99 Å². The molecule has 19 heavy (non-hydrogen) atoms. The van der Waals surface area contributed by atoms with Crippen LogP contribution in [0.5, 0.6) is 0 Å². The molecule has 1 aromatic carbocycles. The smallest absolute Gasteiger partial charge is 0.196 e. The Morgan fingerprint density at radius 2 is 2.21 bits per heavy atom. The van der Waals surface area contributed by atoms with Crippen LogP contribution in [-0.4, -0.2) is 51.0 Å². The van der Waals surface area contributed by atoms with Crippen LogP contribution in [0.3, 0.4) is 0 Å². The lowest BCUT2D eigenvalue weighted by molar-refractivity contribution is 0.0497. The Morgan fingerprint density at radius 3 is 2.89 bits per heavy atom. The van der Waals surface area contributed by atoms with Crippen molar-refractivity contribution in [2.45, 2.75) is 6.30 Å². The fourth-order valence-corrected chi connectivity index (χ4v) is 1.87. The lowest BCUT2D eigenvalue weighted by atomic mass is 10.2. The van der Waals surface area contributed by atoms with E-state index in [1.54, 1.807) is 9.80 Å². The van der Waals surface area contributed by atoms with Gasteiger partial charge in [-0.05, 0) is 12.1 Å². The highest BCUT2D eigenvalue weighted by molar-refractivity contribution is 5.83. The highest BCUT2D eigenvalue weighted by Crippen LogP contribution is 2.31. The molecule has 1 aromatic rings. The van der Waals surface area contributed by atoms with Gasteiger partial charge in [-0.1, -0.05) is 12.1 Å². The second-order valence-corrected chi connectivity index (χ2v) is 4.56. The van der Waals surface area contributed by atoms with Gasteiger partial charge in [-0.2, -0.15) is 0 Å². The molecule has 1 atom stereocenters. The average Bonchev–Trinajstić information content (AvgIpc) is 2.40. The Bertz CT molecular complexity index is 464. The molecule has 6 heteroatoms. The summed E-state index contributed by atoms with van der Waals surface area (Å²) in [7, 11) is 3.63. The second kappa shape index (κ2) is 5.88. The highest BCUT2D eigenvalue weighted by Gasteiger charge is 2.24. The molecule has 2 N–H and O–H groups in total. The minimum atomic E-state index is -1.15. The molecule has 1 unspecified atom stereocenters. The van der Waals surface area contributed by atoms with Gasteiger partial charge in [0, 0.05) is 20.6 Å². The van der Waals surface area contributed by atoms with Crippen LogP contribution in [0.2, 0.25) is 0 Å². The number of alkyl halides is 1. The molecule has 0 saturated carbocycles. The molecule has 104 valence electrons. The summed E-state index contributed by atoms with van der Waals surface area (Å²) in [4.78, 5) is 7.71. The number of aliphatic imine (C=N–C) groups is 1. The van der Waals surface area contributed by atoms with Crippen LogP contribution in [0.15, 0.2) is 29.3 Å². The molecule has 1 fully saturated rings. The monoisotopic (exact) mass is 266 g/mol. The third-order valence-electron chi connectivity index (χ3n) is 2.95. The van der Waals surface area contributed by atoms with Crippen molar-refractivity contribution in [1.29, 1.82) is 0 Å². The molecule has 1 aliphatic heterocycles. The summed E-state index contributed by atoms with van der Waals surface area (Å²) in [5.41, 5.74) is 7.22. The average molecular weight is 266 g/mol. The molecule has 0 spiro atoms. The molecule has 0 amide bonds. The van der Waals surface area contributed by atoms with Gasteiger partial charge in [0.05, 0.1) is 24.6 Å². The molecular formula is C13H19FN4O. The van der Waals surface area contributed by atoms with Crippen molar-refractivity contribution in [2.75, 3.05) is 38.8 Å². The maximum absolute atomic E-state index is 13.9. The number of anilines is 1. The molecule has 1 heterocycles. The van der Waals surface area contributed by atoms with Crippen molar-refractivity contribution in [2.24, 2.45) is 10.7 Å². The summed E-state index contributed by atoms with van der Waals surface area (Å²) < 4.78 is 19.0. The Morgan fingerprint density at radius 1 is 1.47 bits per heavy atom. The summed E-state index contributed by atoms with van der Waals surface area (Å²) in [5, 5.41) is 0. The predicted molar refractivity (Wildman–Crippen MR) is 74.5 cm³/mol. The number of rotatable bonds is 2. The van der Waals surface area contributed by atoms with Crippen LogP contribution in [-0.2, 0) is 4.74 Å². The number of benzene rings is 1. The van der Waals surface area contributed by atoms with Gasteiger partial charge in [0.15, 0.2) is 12.3 Å². The lowest BCUT2D eigenvalue weighted by Crippen LogP contribution is -2.43. The number of para-hydroxylation sites is 2. The van der Waals surface area contributed by atoms with E-state index in [1.165, 1.54) is 0 Å². The van der Waals surface area contributed by atoms with E-state index in [-0.39, 0.29) is 6.61 Å². The highest BCUT2D eigenvalue weighted by atomic mass is 19.1. The third kappa shape index (κ3) is 3.14. The zero-order valence-corrected chi connectivity index (χ0v) is 11.2. The number of ether oxygens (including phenoxy) is 1. The van der Waals surface area contributed by atoms with Crippen molar-refractivity contribution in [1.82, 2.24) is 4.90 Å². The van der Waals surface area contributed by atoms with Crippen LogP contribution < -0.4 is 10.6 Å². The number of halogens is 1. The number of hydrogen-bond acceptors (Lipinski definition) is 3.